The molecule has 0 aromatic carbocycles. The van der Waals surface area contributed by atoms with Crippen LogP contribution in [0.3, 0.4) is 0 Å². The van der Waals surface area contributed by atoms with Gasteiger partial charge in [-0.15, -0.1) is 0 Å². The zero-order chi connectivity index (χ0) is 15.1. The van der Waals surface area contributed by atoms with Crippen molar-refractivity contribution in [3.8, 4) is 0 Å². The summed E-state index contributed by atoms with van der Waals surface area (Å²) in [5.74, 6) is 0.826. The van der Waals surface area contributed by atoms with Crippen LogP contribution in [-0.2, 0) is 6.54 Å². The van der Waals surface area contributed by atoms with E-state index in [-0.39, 0.29) is 12.1 Å². The Kier molecular flexibility index (Phi) is 5.34. The molecule has 112 valence electrons. The highest BCUT2D eigenvalue weighted by Gasteiger charge is 2.17. The van der Waals surface area contributed by atoms with E-state index in [4.69, 9.17) is 4.42 Å². The van der Waals surface area contributed by atoms with Crippen molar-refractivity contribution in [1.82, 2.24) is 20.5 Å². The van der Waals surface area contributed by atoms with Gasteiger partial charge in [-0.25, -0.2) is 4.79 Å². The quantitative estimate of drug-likeness (QED) is 0.850. The van der Waals surface area contributed by atoms with Gasteiger partial charge in [-0.1, -0.05) is 6.07 Å². The summed E-state index contributed by atoms with van der Waals surface area (Å²) in [5.41, 5.74) is 0.961. The van der Waals surface area contributed by atoms with Crippen LogP contribution < -0.4 is 10.6 Å². The lowest BCUT2D eigenvalue weighted by Gasteiger charge is -2.22. The molecule has 0 bridgehead atoms. The van der Waals surface area contributed by atoms with Crippen molar-refractivity contribution in [1.29, 1.82) is 0 Å². The van der Waals surface area contributed by atoms with Crippen LogP contribution in [0.2, 0.25) is 0 Å². The maximum absolute atomic E-state index is 11.8. The highest BCUT2D eigenvalue weighted by molar-refractivity contribution is 5.73. The van der Waals surface area contributed by atoms with Gasteiger partial charge in [-0.05, 0) is 37.9 Å². The number of amides is 2. The lowest BCUT2D eigenvalue weighted by molar-refractivity contribution is 0.225. The zero-order valence-electron chi connectivity index (χ0n) is 12.2. The average molecular weight is 288 g/mol. The van der Waals surface area contributed by atoms with Crippen LogP contribution in [0.25, 0.3) is 0 Å². The predicted molar refractivity (Wildman–Crippen MR) is 79.6 cm³/mol. The Bertz CT molecular complexity index is 540. The number of carbonyl (C=O) groups excluding carboxylic acids is 1. The molecule has 0 fully saturated rings. The number of carbonyl (C=O) groups is 1. The van der Waals surface area contributed by atoms with Gasteiger partial charge in [0.1, 0.15) is 5.76 Å². The number of nitrogens with zero attached hydrogens (tertiary/aromatic N) is 2. The van der Waals surface area contributed by atoms with Crippen molar-refractivity contribution in [2.24, 2.45) is 0 Å². The van der Waals surface area contributed by atoms with E-state index in [0.29, 0.717) is 13.1 Å². The number of aromatic nitrogens is 1. The van der Waals surface area contributed by atoms with E-state index in [9.17, 15) is 4.79 Å². The molecule has 0 saturated carbocycles. The van der Waals surface area contributed by atoms with E-state index in [1.807, 2.05) is 43.3 Å². The van der Waals surface area contributed by atoms with Crippen molar-refractivity contribution in [3.05, 3.63) is 54.2 Å². The van der Waals surface area contributed by atoms with Crippen LogP contribution in [0, 0.1) is 0 Å². The van der Waals surface area contributed by atoms with Gasteiger partial charge < -0.3 is 15.1 Å². The number of rotatable bonds is 6. The standard InChI is InChI=1S/C15H20N4O2/c1-19(2)13(14-6-4-8-21-14)11-18-15(20)17-10-12-5-3-7-16-9-12/h3-9,13H,10-11H2,1-2H3,(H2,17,18,20). The van der Waals surface area contributed by atoms with Gasteiger partial charge in [-0.2, -0.15) is 0 Å². The average Bonchev–Trinajstić information content (AvgIpc) is 3.00. The molecule has 1 atom stereocenters. The second-order valence-electron chi connectivity index (χ2n) is 4.92. The second-order valence-corrected chi connectivity index (χ2v) is 4.92. The first-order valence-electron chi connectivity index (χ1n) is 6.77. The van der Waals surface area contributed by atoms with Crippen LogP contribution in [0.15, 0.2) is 47.3 Å². The molecule has 2 amide bonds. The van der Waals surface area contributed by atoms with Crippen LogP contribution in [0.4, 0.5) is 4.79 Å². The number of furan rings is 1. The number of likely N-dealkylation sites (N-methyl/N-ethyl adjacent to an activating group) is 1. The Morgan fingerprint density at radius 1 is 1.33 bits per heavy atom. The molecule has 2 N–H and O–H groups in total. The van der Waals surface area contributed by atoms with Gasteiger partial charge in [0.15, 0.2) is 0 Å². The van der Waals surface area contributed by atoms with Crippen LogP contribution in [-0.4, -0.2) is 36.6 Å². The van der Waals surface area contributed by atoms with Gasteiger partial charge in [0, 0.05) is 25.5 Å². The minimum Gasteiger partial charge on any atom is -0.468 e. The number of pyridine rings is 1. The molecule has 0 aliphatic rings. The first-order chi connectivity index (χ1) is 10.2. The van der Waals surface area contributed by atoms with Gasteiger partial charge in [0.05, 0.1) is 12.3 Å². The fraction of sp³-hybridized carbons (Fsp3) is 0.333. The van der Waals surface area contributed by atoms with E-state index in [1.165, 1.54) is 0 Å². The van der Waals surface area contributed by atoms with Crippen LogP contribution in [0.5, 0.6) is 0 Å². The van der Waals surface area contributed by atoms with Crippen molar-refractivity contribution >= 4 is 6.03 Å². The summed E-state index contributed by atoms with van der Waals surface area (Å²) in [4.78, 5) is 17.8. The van der Waals surface area contributed by atoms with Gasteiger partial charge in [-0.3, -0.25) is 9.88 Å². The predicted octanol–water partition coefficient (Wildman–Crippen LogP) is 1.78. The topological polar surface area (TPSA) is 70.4 Å². The summed E-state index contributed by atoms with van der Waals surface area (Å²) in [6, 6.07) is 7.29. The van der Waals surface area contributed by atoms with Crippen LogP contribution in [0.1, 0.15) is 17.4 Å². The van der Waals surface area contributed by atoms with Crippen LogP contribution >= 0.6 is 0 Å². The largest absolute Gasteiger partial charge is 0.468 e. The molecule has 0 radical (unpaired) electrons. The van der Waals surface area contributed by atoms with E-state index >= 15 is 0 Å². The molecule has 6 nitrogen and oxygen atoms in total. The fourth-order valence-electron chi connectivity index (χ4n) is 1.96. The first-order valence-corrected chi connectivity index (χ1v) is 6.77. The fourth-order valence-corrected chi connectivity index (χ4v) is 1.96. The third-order valence-electron chi connectivity index (χ3n) is 3.13. The smallest absolute Gasteiger partial charge is 0.315 e. The molecule has 0 aliphatic carbocycles. The van der Waals surface area contributed by atoms with Gasteiger partial charge >= 0.3 is 6.03 Å². The number of hydrogen-bond acceptors (Lipinski definition) is 4. The SMILES string of the molecule is CN(C)C(CNC(=O)NCc1cccnc1)c1ccco1. The normalized spacial score (nSPS) is 12.1. The monoisotopic (exact) mass is 288 g/mol. The zero-order valence-corrected chi connectivity index (χ0v) is 12.2. The third kappa shape index (κ3) is 4.61. The van der Waals surface area contributed by atoms with E-state index in [1.54, 1.807) is 18.7 Å². The van der Waals surface area contributed by atoms with Gasteiger partial charge in [0.2, 0.25) is 0 Å². The molecule has 2 aromatic heterocycles. The number of nitrogens with one attached hydrogen (secondary N) is 2. The lowest BCUT2D eigenvalue weighted by Crippen LogP contribution is -2.40. The molecule has 21 heavy (non-hydrogen) atoms. The Labute approximate surface area is 124 Å². The molecule has 2 aromatic rings. The minimum atomic E-state index is -0.211. The third-order valence-corrected chi connectivity index (χ3v) is 3.13. The number of urea groups is 1. The van der Waals surface area contributed by atoms with Crippen molar-refractivity contribution < 1.29 is 9.21 Å². The molecule has 2 heterocycles. The maximum Gasteiger partial charge on any atom is 0.315 e. The minimum absolute atomic E-state index is 0.00384. The highest BCUT2D eigenvalue weighted by Crippen LogP contribution is 2.17. The first kappa shape index (κ1) is 15.1. The molecular formula is C15H20N4O2. The Morgan fingerprint density at radius 2 is 2.19 bits per heavy atom. The summed E-state index contributed by atoms with van der Waals surface area (Å²) >= 11 is 0. The van der Waals surface area contributed by atoms with Gasteiger partial charge in [0.25, 0.3) is 0 Å². The molecule has 0 spiro atoms. The maximum atomic E-state index is 11.8. The summed E-state index contributed by atoms with van der Waals surface area (Å²) in [5, 5.41) is 5.65. The van der Waals surface area contributed by atoms with Crippen molar-refractivity contribution in [2.45, 2.75) is 12.6 Å². The summed E-state index contributed by atoms with van der Waals surface area (Å²) in [6.45, 7) is 0.923. The lowest BCUT2D eigenvalue weighted by atomic mass is 10.2. The number of hydrogen-bond donors (Lipinski definition) is 2. The van der Waals surface area contributed by atoms with Crippen molar-refractivity contribution in [3.63, 3.8) is 0 Å². The summed E-state index contributed by atoms with van der Waals surface area (Å²) < 4.78 is 5.40. The van der Waals surface area contributed by atoms with Crippen molar-refractivity contribution in [2.75, 3.05) is 20.6 Å². The molecule has 1 unspecified atom stereocenters. The highest BCUT2D eigenvalue weighted by atomic mass is 16.3. The Morgan fingerprint density at radius 3 is 2.81 bits per heavy atom. The molecule has 0 aliphatic heterocycles. The summed E-state index contributed by atoms with van der Waals surface area (Å²) in [6.07, 6.45) is 5.06. The summed E-state index contributed by atoms with van der Waals surface area (Å²) in [7, 11) is 3.89. The Hall–Kier alpha value is -2.34. The molecular weight excluding hydrogens is 268 g/mol. The molecule has 6 heteroatoms. The van der Waals surface area contributed by atoms with E-state index < -0.39 is 0 Å². The van der Waals surface area contributed by atoms with E-state index in [0.717, 1.165) is 11.3 Å². The van der Waals surface area contributed by atoms with E-state index in [2.05, 4.69) is 15.6 Å². The second kappa shape index (κ2) is 7.44. The molecule has 2 rings (SSSR count). The Balaban J connectivity index is 1.80. The molecule has 0 saturated heterocycles.